The number of carbonyl (C=O) groups is 2. The highest BCUT2D eigenvalue weighted by Crippen LogP contribution is 2.42. The minimum Gasteiger partial charge on any atom is -0.453 e. The van der Waals surface area contributed by atoms with E-state index in [1.165, 1.54) is 18.2 Å². The fourth-order valence-corrected chi connectivity index (χ4v) is 5.03. The Balaban J connectivity index is 1.39. The van der Waals surface area contributed by atoms with Crippen molar-refractivity contribution in [2.45, 2.75) is 31.7 Å². The maximum absolute atomic E-state index is 12.1. The predicted octanol–water partition coefficient (Wildman–Crippen LogP) is 2.08. The average Bonchev–Trinajstić information content (AvgIpc) is 2.65. The highest BCUT2D eigenvalue weighted by atomic mass is 16.5. The third-order valence-electron chi connectivity index (χ3n) is 6.61. The topological polar surface area (TPSA) is 53.1 Å². The van der Waals surface area contributed by atoms with Gasteiger partial charge in [-0.1, -0.05) is 24.3 Å². The molecule has 6 nitrogen and oxygen atoms in total. The molecule has 3 heterocycles. The summed E-state index contributed by atoms with van der Waals surface area (Å²) in [7, 11) is 1.44. The molecule has 3 aliphatic heterocycles. The summed E-state index contributed by atoms with van der Waals surface area (Å²) < 4.78 is 4.77. The fraction of sp³-hybridized carbons (Fsp3) is 0.619. The van der Waals surface area contributed by atoms with Crippen LogP contribution in [-0.4, -0.2) is 73.1 Å². The molecule has 0 unspecified atom stereocenters. The quantitative estimate of drug-likeness (QED) is 0.799. The predicted molar refractivity (Wildman–Crippen MR) is 102 cm³/mol. The van der Waals surface area contributed by atoms with Crippen molar-refractivity contribution < 1.29 is 14.3 Å². The van der Waals surface area contributed by atoms with Crippen molar-refractivity contribution in [2.24, 2.45) is 5.92 Å². The number of benzene rings is 1. The lowest BCUT2D eigenvalue weighted by molar-refractivity contribution is -0.131. The van der Waals surface area contributed by atoms with Gasteiger partial charge in [0.2, 0.25) is 5.91 Å². The van der Waals surface area contributed by atoms with Crippen LogP contribution in [0.3, 0.4) is 0 Å². The van der Waals surface area contributed by atoms with Gasteiger partial charge in [0.1, 0.15) is 0 Å². The molecule has 6 heteroatoms. The zero-order valence-corrected chi connectivity index (χ0v) is 16.3. The lowest BCUT2D eigenvalue weighted by Gasteiger charge is -2.49. The molecular weight excluding hydrogens is 342 g/mol. The molecule has 0 bridgehead atoms. The van der Waals surface area contributed by atoms with Crippen LogP contribution >= 0.6 is 0 Å². The number of piperidine rings is 1. The summed E-state index contributed by atoms with van der Waals surface area (Å²) in [5, 5.41) is 0. The smallest absolute Gasteiger partial charge is 0.409 e. The summed E-state index contributed by atoms with van der Waals surface area (Å²) in [6.07, 6.45) is 1.95. The normalized spacial score (nSPS) is 22.3. The summed E-state index contributed by atoms with van der Waals surface area (Å²) in [6, 6.07) is 8.65. The second-order valence-corrected chi connectivity index (χ2v) is 8.35. The molecule has 1 aromatic carbocycles. The molecule has 3 aliphatic rings. The SMILES string of the molecule is COC(=O)N1CC(CN2CCC3(CC2)CN(C(C)=O)Cc2ccccc23)C1. The minimum absolute atomic E-state index is 0.0919. The number of fused-ring (bicyclic) bond motifs is 2. The summed E-state index contributed by atoms with van der Waals surface area (Å²) in [4.78, 5) is 29.9. The lowest BCUT2D eigenvalue weighted by Crippen LogP contribution is -2.57. The van der Waals surface area contributed by atoms with Crippen molar-refractivity contribution in [1.82, 2.24) is 14.7 Å². The van der Waals surface area contributed by atoms with Crippen LogP contribution in [0.1, 0.15) is 30.9 Å². The van der Waals surface area contributed by atoms with E-state index in [1.54, 1.807) is 11.8 Å². The van der Waals surface area contributed by atoms with E-state index in [9.17, 15) is 9.59 Å². The maximum atomic E-state index is 12.1. The molecule has 0 atom stereocenters. The minimum atomic E-state index is -0.216. The van der Waals surface area contributed by atoms with Crippen LogP contribution in [0.2, 0.25) is 0 Å². The Labute approximate surface area is 161 Å². The Morgan fingerprint density at radius 3 is 2.52 bits per heavy atom. The lowest BCUT2D eigenvalue weighted by atomic mass is 9.68. The van der Waals surface area contributed by atoms with E-state index in [2.05, 4.69) is 29.2 Å². The molecule has 0 saturated carbocycles. The van der Waals surface area contributed by atoms with Crippen LogP contribution in [0, 0.1) is 5.92 Å². The largest absolute Gasteiger partial charge is 0.453 e. The molecular formula is C21H29N3O3. The molecule has 2 fully saturated rings. The van der Waals surface area contributed by atoms with Gasteiger partial charge in [-0.05, 0) is 37.1 Å². The summed E-state index contributed by atoms with van der Waals surface area (Å²) >= 11 is 0. The summed E-state index contributed by atoms with van der Waals surface area (Å²) in [5.41, 5.74) is 2.84. The third-order valence-corrected chi connectivity index (χ3v) is 6.61. The van der Waals surface area contributed by atoms with E-state index in [1.807, 2.05) is 4.90 Å². The third kappa shape index (κ3) is 3.43. The van der Waals surface area contributed by atoms with Crippen molar-refractivity contribution in [3.63, 3.8) is 0 Å². The van der Waals surface area contributed by atoms with Crippen LogP contribution in [-0.2, 0) is 21.5 Å². The van der Waals surface area contributed by atoms with Gasteiger partial charge >= 0.3 is 6.09 Å². The number of rotatable bonds is 2. The second kappa shape index (κ2) is 7.15. The zero-order chi connectivity index (χ0) is 19.0. The highest BCUT2D eigenvalue weighted by Gasteiger charge is 2.43. The number of nitrogens with zero attached hydrogens (tertiary/aromatic N) is 3. The summed E-state index contributed by atoms with van der Waals surface area (Å²) in [6.45, 7) is 8.01. The Hall–Kier alpha value is -2.08. The first-order valence-electron chi connectivity index (χ1n) is 9.90. The molecule has 1 aromatic rings. The first kappa shape index (κ1) is 18.3. The number of hydrogen-bond donors (Lipinski definition) is 0. The Bertz CT molecular complexity index is 721. The molecule has 4 rings (SSSR count). The second-order valence-electron chi connectivity index (χ2n) is 8.35. The van der Waals surface area contributed by atoms with Crippen molar-refractivity contribution >= 4 is 12.0 Å². The average molecular weight is 371 g/mol. The molecule has 0 aromatic heterocycles. The highest BCUT2D eigenvalue weighted by molar-refractivity contribution is 5.74. The Morgan fingerprint density at radius 1 is 1.15 bits per heavy atom. The maximum Gasteiger partial charge on any atom is 0.409 e. The van der Waals surface area contributed by atoms with Gasteiger partial charge in [0, 0.05) is 51.0 Å². The number of amides is 2. The number of carbonyl (C=O) groups excluding carboxylic acids is 2. The van der Waals surface area contributed by atoms with Gasteiger partial charge in [0.15, 0.2) is 0 Å². The van der Waals surface area contributed by atoms with Gasteiger partial charge < -0.3 is 19.4 Å². The number of ether oxygens (including phenoxy) is 1. The Kier molecular flexibility index (Phi) is 4.84. The van der Waals surface area contributed by atoms with Crippen LogP contribution < -0.4 is 0 Å². The molecule has 0 aliphatic carbocycles. The van der Waals surface area contributed by atoms with E-state index in [-0.39, 0.29) is 17.4 Å². The number of methoxy groups -OCH3 is 1. The molecule has 1 spiro atoms. The van der Waals surface area contributed by atoms with Crippen molar-refractivity contribution in [1.29, 1.82) is 0 Å². The van der Waals surface area contributed by atoms with E-state index >= 15 is 0 Å². The van der Waals surface area contributed by atoms with Gasteiger partial charge in [-0.15, -0.1) is 0 Å². The molecule has 27 heavy (non-hydrogen) atoms. The van der Waals surface area contributed by atoms with Gasteiger partial charge in [0.05, 0.1) is 7.11 Å². The Morgan fingerprint density at radius 2 is 1.85 bits per heavy atom. The van der Waals surface area contributed by atoms with Gasteiger partial charge in [-0.3, -0.25) is 4.79 Å². The van der Waals surface area contributed by atoms with E-state index < -0.39 is 0 Å². The van der Waals surface area contributed by atoms with E-state index in [0.717, 1.165) is 58.7 Å². The standard InChI is InChI=1S/C21H29N3O3/c1-16(25)24-14-18-5-3-4-6-19(18)21(15-24)7-9-22(10-8-21)11-17-12-23(13-17)20(26)27-2/h3-6,17H,7-15H2,1-2H3. The molecule has 2 amide bonds. The molecule has 0 radical (unpaired) electrons. The van der Waals surface area contributed by atoms with E-state index in [0.29, 0.717) is 5.92 Å². The fourth-order valence-electron chi connectivity index (χ4n) is 5.03. The van der Waals surface area contributed by atoms with Crippen molar-refractivity contribution in [3.8, 4) is 0 Å². The van der Waals surface area contributed by atoms with Crippen LogP contribution in [0.25, 0.3) is 0 Å². The number of hydrogen-bond acceptors (Lipinski definition) is 4. The van der Waals surface area contributed by atoms with Crippen molar-refractivity contribution in [3.05, 3.63) is 35.4 Å². The first-order valence-corrected chi connectivity index (χ1v) is 9.90. The van der Waals surface area contributed by atoms with Crippen molar-refractivity contribution in [2.75, 3.05) is 46.4 Å². The number of likely N-dealkylation sites (tertiary alicyclic amines) is 2. The molecule has 0 N–H and O–H groups in total. The van der Waals surface area contributed by atoms with Gasteiger partial charge in [-0.25, -0.2) is 4.79 Å². The van der Waals surface area contributed by atoms with E-state index in [4.69, 9.17) is 4.74 Å². The monoisotopic (exact) mass is 371 g/mol. The van der Waals surface area contributed by atoms with Crippen LogP contribution in [0.4, 0.5) is 4.79 Å². The van der Waals surface area contributed by atoms with Gasteiger partial charge in [0.25, 0.3) is 0 Å². The van der Waals surface area contributed by atoms with Crippen LogP contribution in [0.5, 0.6) is 0 Å². The van der Waals surface area contributed by atoms with Gasteiger partial charge in [-0.2, -0.15) is 0 Å². The molecule has 2 saturated heterocycles. The van der Waals surface area contributed by atoms with Crippen LogP contribution in [0.15, 0.2) is 24.3 Å². The molecule has 146 valence electrons. The first-order chi connectivity index (χ1) is 13.0. The zero-order valence-electron chi connectivity index (χ0n) is 16.3. The summed E-state index contributed by atoms with van der Waals surface area (Å²) in [5.74, 6) is 0.717.